The minimum atomic E-state index is -0.461. The standard InChI is InChI=1S/C16H30N2O2/c1-4-5-11-18(13-8-9-13)14-7-6-10-16(12-14,17-2)15(19)20-3/h13-14,17H,4-12H2,1-3H3. The predicted molar refractivity (Wildman–Crippen MR) is 80.7 cm³/mol. The highest BCUT2D eigenvalue weighted by Gasteiger charge is 2.46. The van der Waals surface area contributed by atoms with Crippen LogP contribution in [0.25, 0.3) is 0 Å². The second-order valence-corrected chi connectivity index (χ2v) is 6.40. The average molecular weight is 282 g/mol. The first kappa shape index (κ1) is 15.8. The van der Waals surface area contributed by atoms with E-state index in [0.717, 1.165) is 25.3 Å². The molecule has 0 heterocycles. The van der Waals surface area contributed by atoms with Gasteiger partial charge >= 0.3 is 5.97 Å². The van der Waals surface area contributed by atoms with Gasteiger partial charge in [0.15, 0.2) is 0 Å². The minimum absolute atomic E-state index is 0.0871. The van der Waals surface area contributed by atoms with E-state index in [2.05, 4.69) is 17.1 Å². The van der Waals surface area contributed by atoms with E-state index < -0.39 is 5.54 Å². The average Bonchev–Trinajstić information content (AvgIpc) is 3.31. The topological polar surface area (TPSA) is 41.6 Å². The van der Waals surface area contributed by atoms with Crippen LogP contribution in [-0.4, -0.2) is 49.2 Å². The van der Waals surface area contributed by atoms with Gasteiger partial charge in [-0.15, -0.1) is 0 Å². The van der Waals surface area contributed by atoms with Gasteiger partial charge in [0.05, 0.1) is 7.11 Å². The molecule has 0 aromatic rings. The lowest BCUT2D eigenvalue weighted by molar-refractivity contribution is -0.151. The molecular formula is C16H30N2O2. The van der Waals surface area contributed by atoms with Gasteiger partial charge in [-0.1, -0.05) is 13.3 Å². The lowest BCUT2D eigenvalue weighted by Crippen LogP contribution is -2.58. The first-order chi connectivity index (χ1) is 9.66. The Balaban J connectivity index is 2.05. The summed E-state index contributed by atoms with van der Waals surface area (Å²) < 4.78 is 5.05. The Bertz CT molecular complexity index is 330. The molecule has 2 unspecified atom stereocenters. The van der Waals surface area contributed by atoms with Gasteiger partial charge in [-0.2, -0.15) is 0 Å². The van der Waals surface area contributed by atoms with Crippen molar-refractivity contribution in [2.24, 2.45) is 0 Å². The molecule has 0 aliphatic heterocycles. The molecule has 4 nitrogen and oxygen atoms in total. The van der Waals surface area contributed by atoms with E-state index in [9.17, 15) is 4.79 Å². The van der Waals surface area contributed by atoms with Crippen LogP contribution in [0.15, 0.2) is 0 Å². The van der Waals surface area contributed by atoms with Gasteiger partial charge < -0.3 is 10.1 Å². The molecule has 2 aliphatic carbocycles. The van der Waals surface area contributed by atoms with E-state index in [-0.39, 0.29) is 5.97 Å². The zero-order valence-corrected chi connectivity index (χ0v) is 13.3. The molecule has 116 valence electrons. The molecule has 0 aromatic carbocycles. The number of unbranched alkanes of at least 4 members (excludes halogenated alkanes) is 1. The molecule has 4 heteroatoms. The van der Waals surface area contributed by atoms with Crippen molar-refractivity contribution in [3.05, 3.63) is 0 Å². The number of hydrogen-bond acceptors (Lipinski definition) is 4. The van der Waals surface area contributed by atoms with Crippen molar-refractivity contribution in [2.75, 3.05) is 20.7 Å². The molecule has 0 radical (unpaired) electrons. The second kappa shape index (κ2) is 6.90. The fourth-order valence-electron chi connectivity index (χ4n) is 3.65. The van der Waals surface area contributed by atoms with E-state index in [1.807, 2.05) is 7.05 Å². The Hall–Kier alpha value is -0.610. The van der Waals surface area contributed by atoms with E-state index in [4.69, 9.17) is 4.74 Å². The third-order valence-electron chi connectivity index (χ3n) is 5.03. The van der Waals surface area contributed by atoms with Gasteiger partial charge in [-0.25, -0.2) is 0 Å². The van der Waals surface area contributed by atoms with E-state index >= 15 is 0 Å². The van der Waals surface area contributed by atoms with Crippen LogP contribution in [0.5, 0.6) is 0 Å². The molecule has 2 fully saturated rings. The maximum absolute atomic E-state index is 12.2. The SMILES string of the molecule is CCCCN(C1CC1)C1CCCC(NC)(C(=O)OC)C1. The largest absolute Gasteiger partial charge is 0.468 e. The molecule has 0 aromatic heterocycles. The van der Waals surface area contributed by atoms with Gasteiger partial charge in [-0.05, 0) is 58.5 Å². The molecule has 2 rings (SSSR count). The van der Waals surface area contributed by atoms with Crippen molar-refractivity contribution in [1.29, 1.82) is 0 Å². The second-order valence-electron chi connectivity index (χ2n) is 6.40. The fourth-order valence-corrected chi connectivity index (χ4v) is 3.65. The Morgan fingerprint density at radius 3 is 2.65 bits per heavy atom. The summed E-state index contributed by atoms with van der Waals surface area (Å²) in [5.74, 6) is -0.0871. The van der Waals surface area contributed by atoms with Crippen LogP contribution in [0.3, 0.4) is 0 Å². The summed E-state index contributed by atoms with van der Waals surface area (Å²) >= 11 is 0. The quantitative estimate of drug-likeness (QED) is 0.728. The van der Waals surface area contributed by atoms with Crippen LogP contribution >= 0.6 is 0 Å². The maximum Gasteiger partial charge on any atom is 0.326 e. The molecular weight excluding hydrogens is 252 g/mol. The number of nitrogens with one attached hydrogen (secondary N) is 1. The third kappa shape index (κ3) is 3.34. The lowest BCUT2D eigenvalue weighted by atomic mass is 9.78. The molecule has 1 N–H and O–H groups in total. The zero-order valence-electron chi connectivity index (χ0n) is 13.3. The molecule has 0 saturated heterocycles. The zero-order chi connectivity index (χ0) is 14.6. The molecule has 0 bridgehead atoms. The van der Waals surface area contributed by atoms with E-state index in [1.165, 1.54) is 45.8 Å². The number of esters is 1. The molecule has 0 spiro atoms. The highest BCUT2D eigenvalue weighted by atomic mass is 16.5. The Labute approximate surface area is 123 Å². The number of rotatable bonds is 7. The van der Waals surface area contributed by atoms with Gasteiger partial charge in [0.25, 0.3) is 0 Å². The monoisotopic (exact) mass is 282 g/mol. The molecule has 2 saturated carbocycles. The number of carbonyl (C=O) groups is 1. The van der Waals surface area contributed by atoms with Gasteiger partial charge in [0, 0.05) is 12.1 Å². The number of nitrogens with zero attached hydrogens (tertiary/aromatic N) is 1. The maximum atomic E-state index is 12.2. The summed E-state index contributed by atoms with van der Waals surface area (Å²) in [6.45, 7) is 3.44. The Kier molecular flexibility index (Phi) is 5.44. The first-order valence-electron chi connectivity index (χ1n) is 8.20. The Morgan fingerprint density at radius 1 is 1.35 bits per heavy atom. The minimum Gasteiger partial charge on any atom is -0.468 e. The molecule has 2 aliphatic rings. The van der Waals surface area contributed by atoms with Gasteiger partial charge in [0.2, 0.25) is 0 Å². The van der Waals surface area contributed by atoms with Crippen molar-refractivity contribution in [3.63, 3.8) is 0 Å². The van der Waals surface area contributed by atoms with Crippen LogP contribution in [0.4, 0.5) is 0 Å². The van der Waals surface area contributed by atoms with Crippen LogP contribution in [0, 0.1) is 0 Å². The fraction of sp³-hybridized carbons (Fsp3) is 0.938. The highest BCUT2D eigenvalue weighted by molar-refractivity contribution is 5.81. The van der Waals surface area contributed by atoms with Gasteiger partial charge in [-0.3, -0.25) is 9.69 Å². The number of carbonyl (C=O) groups excluding carboxylic acids is 1. The first-order valence-corrected chi connectivity index (χ1v) is 8.20. The molecule has 2 atom stereocenters. The normalized spacial score (nSPS) is 30.5. The van der Waals surface area contributed by atoms with E-state index in [1.54, 1.807) is 0 Å². The predicted octanol–water partition coefficient (Wildman–Crippen LogP) is 2.32. The van der Waals surface area contributed by atoms with Crippen molar-refractivity contribution in [3.8, 4) is 0 Å². The van der Waals surface area contributed by atoms with Crippen LogP contribution in [0.1, 0.15) is 58.3 Å². The van der Waals surface area contributed by atoms with Crippen LogP contribution in [0.2, 0.25) is 0 Å². The third-order valence-corrected chi connectivity index (χ3v) is 5.03. The lowest BCUT2D eigenvalue weighted by Gasteiger charge is -2.43. The van der Waals surface area contributed by atoms with Crippen LogP contribution < -0.4 is 5.32 Å². The van der Waals surface area contributed by atoms with E-state index in [0.29, 0.717) is 6.04 Å². The van der Waals surface area contributed by atoms with Gasteiger partial charge in [0.1, 0.15) is 5.54 Å². The summed E-state index contributed by atoms with van der Waals surface area (Å²) in [7, 11) is 3.40. The highest BCUT2D eigenvalue weighted by Crippen LogP contribution is 2.37. The van der Waals surface area contributed by atoms with Crippen molar-refractivity contribution >= 4 is 5.97 Å². The molecule has 20 heavy (non-hydrogen) atoms. The molecule has 0 amide bonds. The summed E-state index contributed by atoms with van der Waals surface area (Å²) in [6.07, 6.45) is 9.31. The summed E-state index contributed by atoms with van der Waals surface area (Å²) in [6, 6.07) is 1.31. The number of ether oxygens (including phenoxy) is 1. The van der Waals surface area contributed by atoms with Crippen LogP contribution in [-0.2, 0) is 9.53 Å². The summed E-state index contributed by atoms with van der Waals surface area (Å²) in [5.41, 5.74) is -0.461. The number of methoxy groups -OCH3 is 1. The van der Waals surface area contributed by atoms with Crippen molar-refractivity contribution in [1.82, 2.24) is 10.2 Å². The van der Waals surface area contributed by atoms with Crippen molar-refractivity contribution < 1.29 is 9.53 Å². The summed E-state index contributed by atoms with van der Waals surface area (Å²) in [4.78, 5) is 14.9. The van der Waals surface area contributed by atoms with Crippen molar-refractivity contribution in [2.45, 2.75) is 75.9 Å². The summed E-state index contributed by atoms with van der Waals surface area (Å²) in [5, 5.41) is 3.27. The number of hydrogen-bond donors (Lipinski definition) is 1. The Morgan fingerprint density at radius 2 is 2.10 bits per heavy atom. The number of likely N-dealkylation sites (N-methyl/N-ethyl adjacent to an activating group) is 1. The smallest absolute Gasteiger partial charge is 0.326 e.